The predicted octanol–water partition coefficient (Wildman–Crippen LogP) is 9.50. The van der Waals surface area contributed by atoms with Crippen molar-refractivity contribution in [3.05, 3.63) is 89.6 Å². The van der Waals surface area contributed by atoms with E-state index in [-0.39, 0.29) is 0 Å². The van der Waals surface area contributed by atoms with Gasteiger partial charge in [0.2, 0.25) is 5.69 Å². The molecule has 2 aliphatic rings. The Labute approximate surface area is 225 Å². The van der Waals surface area contributed by atoms with Crippen LogP contribution in [0.2, 0.25) is 0 Å². The molecule has 1 nitrogen and oxygen atoms in total. The summed E-state index contributed by atoms with van der Waals surface area (Å²) in [6.45, 7) is 6.16. The molecule has 0 saturated heterocycles. The van der Waals surface area contributed by atoms with Gasteiger partial charge in [-0.05, 0) is 95.0 Å². The molecule has 0 radical (unpaired) electrons. The monoisotopic (exact) mass is 489 g/mol. The summed E-state index contributed by atoms with van der Waals surface area (Å²) in [5, 5.41) is 2.63. The Hall–Kier alpha value is -2.93. The van der Waals surface area contributed by atoms with Crippen LogP contribution in [-0.4, -0.2) is 0 Å². The van der Waals surface area contributed by atoms with Gasteiger partial charge < -0.3 is 0 Å². The van der Waals surface area contributed by atoms with Crippen LogP contribution in [0.15, 0.2) is 72.9 Å². The molecule has 0 aliphatic heterocycles. The lowest BCUT2D eigenvalue weighted by Gasteiger charge is -2.39. The highest BCUT2D eigenvalue weighted by Crippen LogP contribution is 2.46. The Balaban J connectivity index is 1.38. The number of pyridine rings is 1. The van der Waals surface area contributed by atoms with Gasteiger partial charge in [0, 0.05) is 18.6 Å². The molecular formula is C36H42N+. The molecule has 1 aromatic heterocycles. The topological polar surface area (TPSA) is 3.88 Å². The molecule has 2 aliphatic carbocycles. The molecule has 1 heterocycles. The lowest BCUT2D eigenvalue weighted by Crippen LogP contribution is -2.32. The number of hydrogen-bond donors (Lipinski definition) is 0. The van der Waals surface area contributed by atoms with Crippen molar-refractivity contribution in [1.29, 1.82) is 0 Å². The van der Waals surface area contributed by atoms with Gasteiger partial charge in [0.05, 0.1) is 0 Å². The molecule has 2 fully saturated rings. The van der Waals surface area contributed by atoms with Crippen LogP contribution in [-0.2, 0) is 7.05 Å². The largest absolute Gasteiger partial charge is 0.213 e. The standard InChI is InChI=1S/C36H42N/c1-24(2)35-23-37(4)36(33-12-8-5-9-25(33)3)22-34(35)32-18-17-30-20-29(15-16-31(30)21-32)28-14-13-26-10-6-7-11-27(26)19-28/h5,8-9,12,15-18,20-24,26-28H,6-7,10-11,13-14,19H2,1-4H3/q+1/i24D. The van der Waals surface area contributed by atoms with E-state index in [1.54, 1.807) is 0 Å². The van der Waals surface area contributed by atoms with E-state index in [0.717, 1.165) is 28.9 Å². The van der Waals surface area contributed by atoms with Crippen molar-refractivity contribution in [3.63, 3.8) is 0 Å². The average Bonchev–Trinajstić information content (AvgIpc) is 2.92. The first-order valence-electron chi connectivity index (χ1n) is 14.9. The van der Waals surface area contributed by atoms with Gasteiger partial charge in [-0.25, -0.2) is 4.57 Å². The second-order valence-corrected chi connectivity index (χ2v) is 12.0. The summed E-state index contributed by atoms with van der Waals surface area (Å²) in [7, 11) is 2.10. The maximum atomic E-state index is 8.93. The summed E-state index contributed by atoms with van der Waals surface area (Å²) in [6.07, 6.45) is 12.1. The van der Waals surface area contributed by atoms with Gasteiger partial charge in [-0.3, -0.25) is 0 Å². The van der Waals surface area contributed by atoms with E-state index < -0.39 is 5.89 Å². The minimum absolute atomic E-state index is 0.700. The first-order chi connectivity index (χ1) is 18.3. The number of rotatable bonds is 4. The summed E-state index contributed by atoms with van der Waals surface area (Å²) < 4.78 is 11.1. The quantitative estimate of drug-likeness (QED) is 0.251. The van der Waals surface area contributed by atoms with Crippen molar-refractivity contribution in [3.8, 4) is 22.4 Å². The minimum atomic E-state index is -0.700. The number of aromatic nitrogens is 1. The summed E-state index contributed by atoms with van der Waals surface area (Å²) >= 11 is 0. The van der Waals surface area contributed by atoms with Crippen LogP contribution in [0.25, 0.3) is 33.2 Å². The zero-order valence-corrected chi connectivity index (χ0v) is 23.1. The zero-order chi connectivity index (χ0) is 26.4. The van der Waals surface area contributed by atoms with E-state index >= 15 is 0 Å². The number of hydrogen-bond acceptors (Lipinski definition) is 0. The van der Waals surface area contributed by atoms with Crippen molar-refractivity contribution in [2.45, 2.75) is 77.5 Å². The SMILES string of the molecule is [2H]C(C)(C)c1c[n+](C)c(-c2ccccc2C)cc1-c1ccc2cc(C3CCC4CCCCC4C3)ccc2c1. The maximum Gasteiger partial charge on any atom is 0.213 e. The highest BCUT2D eigenvalue weighted by atomic mass is 14.9. The summed E-state index contributed by atoms with van der Waals surface area (Å²) in [6, 6.07) is 25.0. The number of aryl methyl sites for hydroxylation is 2. The molecule has 37 heavy (non-hydrogen) atoms. The normalized spacial score (nSPS) is 22.5. The van der Waals surface area contributed by atoms with Crippen molar-refractivity contribution in [1.82, 2.24) is 0 Å². The smallest absolute Gasteiger partial charge is 0.201 e. The molecule has 6 rings (SSSR count). The van der Waals surface area contributed by atoms with Crippen LogP contribution in [0.4, 0.5) is 0 Å². The fourth-order valence-corrected chi connectivity index (χ4v) is 7.28. The highest BCUT2D eigenvalue weighted by Gasteiger charge is 2.32. The minimum Gasteiger partial charge on any atom is -0.201 e. The number of fused-ring (bicyclic) bond motifs is 2. The Morgan fingerprint density at radius 3 is 2.38 bits per heavy atom. The Morgan fingerprint density at radius 2 is 1.57 bits per heavy atom. The van der Waals surface area contributed by atoms with E-state index in [0.29, 0.717) is 0 Å². The predicted molar refractivity (Wildman–Crippen MR) is 157 cm³/mol. The Bertz CT molecular complexity index is 1480. The molecule has 0 bridgehead atoms. The average molecular weight is 490 g/mol. The van der Waals surface area contributed by atoms with Crippen LogP contribution < -0.4 is 4.57 Å². The lowest BCUT2D eigenvalue weighted by atomic mass is 9.66. The van der Waals surface area contributed by atoms with Gasteiger partial charge in [0.15, 0.2) is 6.20 Å². The molecule has 1 heteroatoms. The van der Waals surface area contributed by atoms with Gasteiger partial charge >= 0.3 is 0 Å². The van der Waals surface area contributed by atoms with Gasteiger partial charge in [-0.15, -0.1) is 0 Å². The number of nitrogens with zero attached hydrogens (tertiary/aromatic N) is 1. The molecule has 2 saturated carbocycles. The summed E-state index contributed by atoms with van der Waals surface area (Å²) in [4.78, 5) is 0. The fourth-order valence-electron chi connectivity index (χ4n) is 7.28. The van der Waals surface area contributed by atoms with Crippen LogP contribution in [0, 0.1) is 18.8 Å². The molecule has 0 amide bonds. The summed E-state index contributed by atoms with van der Waals surface area (Å²) in [5.41, 5.74) is 8.62. The third kappa shape index (κ3) is 4.74. The Kier molecular flexibility index (Phi) is 6.33. The van der Waals surface area contributed by atoms with Gasteiger partial charge in [0.25, 0.3) is 0 Å². The van der Waals surface area contributed by atoms with Crippen molar-refractivity contribution >= 4 is 10.8 Å². The van der Waals surface area contributed by atoms with E-state index in [1.165, 1.54) is 83.7 Å². The summed E-state index contributed by atoms with van der Waals surface area (Å²) in [5.74, 6) is 1.97. The van der Waals surface area contributed by atoms with E-state index in [4.69, 9.17) is 1.37 Å². The van der Waals surface area contributed by atoms with Crippen LogP contribution in [0.3, 0.4) is 0 Å². The molecule has 0 spiro atoms. The highest BCUT2D eigenvalue weighted by molar-refractivity contribution is 5.89. The Morgan fingerprint density at radius 1 is 0.811 bits per heavy atom. The van der Waals surface area contributed by atoms with Crippen LogP contribution in [0.5, 0.6) is 0 Å². The third-order valence-electron chi connectivity index (χ3n) is 9.42. The van der Waals surface area contributed by atoms with Gasteiger partial charge in [-0.1, -0.05) is 88.1 Å². The fraction of sp³-hybridized carbons (Fsp3) is 0.417. The molecular weight excluding hydrogens is 446 g/mol. The third-order valence-corrected chi connectivity index (χ3v) is 9.42. The van der Waals surface area contributed by atoms with Crippen LogP contribution in [0.1, 0.15) is 88.7 Å². The first kappa shape index (κ1) is 23.2. The van der Waals surface area contributed by atoms with E-state index in [9.17, 15) is 0 Å². The molecule has 0 N–H and O–H groups in total. The zero-order valence-electron chi connectivity index (χ0n) is 24.1. The van der Waals surface area contributed by atoms with Crippen molar-refractivity contribution < 1.29 is 5.94 Å². The van der Waals surface area contributed by atoms with Gasteiger partial charge in [0.1, 0.15) is 7.05 Å². The number of benzene rings is 3. The second kappa shape index (κ2) is 10.1. The van der Waals surface area contributed by atoms with Crippen LogP contribution >= 0.6 is 0 Å². The molecule has 190 valence electrons. The first-order valence-corrected chi connectivity index (χ1v) is 14.4. The molecule has 3 atom stereocenters. The molecule has 4 aromatic rings. The van der Waals surface area contributed by atoms with Crippen molar-refractivity contribution in [2.75, 3.05) is 0 Å². The van der Waals surface area contributed by atoms with Crippen molar-refractivity contribution in [2.24, 2.45) is 18.9 Å². The van der Waals surface area contributed by atoms with E-state index in [1.807, 2.05) is 13.8 Å². The van der Waals surface area contributed by atoms with E-state index in [2.05, 4.69) is 91.5 Å². The molecule has 3 aromatic carbocycles. The second-order valence-electron chi connectivity index (χ2n) is 12.0. The maximum absolute atomic E-state index is 8.93. The van der Waals surface area contributed by atoms with Gasteiger partial charge in [-0.2, -0.15) is 0 Å². The lowest BCUT2D eigenvalue weighted by molar-refractivity contribution is -0.660. The molecule has 3 unspecified atom stereocenters.